The van der Waals surface area contributed by atoms with Gasteiger partial charge in [-0.15, -0.1) is 0 Å². The number of nitrogens with one attached hydrogen (secondary N) is 1. The molecule has 0 aliphatic rings. The van der Waals surface area contributed by atoms with Crippen LogP contribution < -0.4 is 10.5 Å². The van der Waals surface area contributed by atoms with Gasteiger partial charge in [-0.25, -0.2) is 18.1 Å². The second-order valence-electron chi connectivity index (χ2n) is 3.55. The van der Waals surface area contributed by atoms with E-state index < -0.39 is 16.1 Å². The monoisotopic (exact) mass is 262 g/mol. The zero-order valence-corrected chi connectivity index (χ0v) is 10.8. The van der Waals surface area contributed by atoms with E-state index in [1.165, 1.54) is 19.6 Å². The van der Waals surface area contributed by atoms with Gasteiger partial charge in [-0.1, -0.05) is 0 Å². The summed E-state index contributed by atoms with van der Waals surface area (Å²) < 4.78 is 32.8. The molecule has 0 saturated carbocycles. The van der Waals surface area contributed by atoms with E-state index in [9.17, 15) is 8.42 Å². The molecular formula is C9H18N4O3S. The normalized spacial score (nSPS) is 13.8. The van der Waals surface area contributed by atoms with E-state index in [1.807, 2.05) is 6.92 Å². The van der Waals surface area contributed by atoms with Crippen LogP contribution in [0.3, 0.4) is 0 Å². The number of imidazole rings is 1. The molecule has 0 fully saturated rings. The van der Waals surface area contributed by atoms with Crippen LogP contribution in [0.2, 0.25) is 0 Å². The molecule has 3 N–H and O–H groups in total. The maximum absolute atomic E-state index is 11.9. The molecule has 1 aromatic rings. The van der Waals surface area contributed by atoms with Crippen LogP contribution in [-0.4, -0.2) is 44.3 Å². The minimum Gasteiger partial charge on any atom is -0.383 e. The van der Waals surface area contributed by atoms with Gasteiger partial charge in [0, 0.05) is 26.4 Å². The molecule has 0 aliphatic heterocycles. The second kappa shape index (κ2) is 6.10. The fourth-order valence-corrected chi connectivity index (χ4v) is 2.47. The number of sulfonamides is 1. The van der Waals surface area contributed by atoms with Crippen LogP contribution in [0.4, 0.5) is 0 Å². The molecule has 0 amide bonds. The minimum absolute atomic E-state index is 0.00565. The topological polar surface area (TPSA) is 99.2 Å². The number of nitrogens with two attached hydrogens (primary N) is 1. The van der Waals surface area contributed by atoms with Crippen molar-refractivity contribution < 1.29 is 13.2 Å². The zero-order chi connectivity index (χ0) is 12.9. The Balaban J connectivity index is 2.80. The van der Waals surface area contributed by atoms with E-state index in [4.69, 9.17) is 10.5 Å². The van der Waals surface area contributed by atoms with E-state index in [-0.39, 0.29) is 18.2 Å². The highest BCUT2D eigenvalue weighted by atomic mass is 32.2. The Morgan fingerprint density at radius 2 is 2.35 bits per heavy atom. The average Bonchev–Trinajstić information content (AvgIpc) is 2.77. The van der Waals surface area contributed by atoms with Gasteiger partial charge in [0.05, 0.1) is 19.0 Å². The van der Waals surface area contributed by atoms with Crippen molar-refractivity contribution in [2.24, 2.45) is 5.73 Å². The van der Waals surface area contributed by atoms with Gasteiger partial charge in [-0.2, -0.15) is 0 Å². The maximum Gasteiger partial charge on any atom is 0.259 e. The quantitative estimate of drug-likeness (QED) is 0.667. The lowest BCUT2D eigenvalue weighted by Crippen LogP contribution is -2.43. The Labute approximate surface area is 101 Å². The number of methoxy groups -OCH3 is 1. The van der Waals surface area contributed by atoms with Gasteiger partial charge >= 0.3 is 0 Å². The third kappa shape index (κ3) is 3.77. The first-order valence-corrected chi connectivity index (χ1v) is 6.75. The molecule has 1 atom stereocenters. The van der Waals surface area contributed by atoms with Crippen LogP contribution in [0.5, 0.6) is 0 Å². The molecule has 0 spiro atoms. The van der Waals surface area contributed by atoms with E-state index in [2.05, 4.69) is 9.71 Å². The number of ether oxygens (including phenoxy) is 1. The molecule has 1 aromatic heterocycles. The van der Waals surface area contributed by atoms with Crippen LogP contribution in [-0.2, 0) is 21.3 Å². The molecular weight excluding hydrogens is 244 g/mol. The van der Waals surface area contributed by atoms with Crippen molar-refractivity contribution >= 4 is 10.0 Å². The van der Waals surface area contributed by atoms with Gasteiger partial charge < -0.3 is 15.0 Å². The second-order valence-corrected chi connectivity index (χ2v) is 5.21. The summed E-state index contributed by atoms with van der Waals surface area (Å²) in [5.41, 5.74) is 5.44. The summed E-state index contributed by atoms with van der Waals surface area (Å²) in [6, 6.07) is -0.447. The summed E-state index contributed by atoms with van der Waals surface area (Å²) in [5, 5.41) is -0.00565. The van der Waals surface area contributed by atoms with Gasteiger partial charge in [0.1, 0.15) is 0 Å². The smallest absolute Gasteiger partial charge is 0.259 e. The molecule has 0 bridgehead atoms. The fourth-order valence-electron chi connectivity index (χ4n) is 1.28. The van der Waals surface area contributed by atoms with E-state index in [0.29, 0.717) is 6.54 Å². The minimum atomic E-state index is -3.62. The van der Waals surface area contributed by atoms with Crippen molar-refractivity contribution in [2.45, 2.75) is 24.5 Å². The average molecular weight is 262 g/mol. The predicted octanol–water partition coefficient (Wildman–Crippen LogP) is -0.845. The van der Waals surface area contributed by atoms with E-state index >= 15 is 0 Å². The van der Waals surface area contributed by atoms with Crippen molar-refractivity contribution in [3.05, 3.63) is 12.5 Å². The molecule has 8 heteroatoms. The molecule has 17 heavy (non-hydrogen) atoms. The largest absolute Gasteiger partial charge is 0.383 e. The number of hydrogen-bond acceptors (Lipinski definition) is 5. The molecule has 1 unspecified atom stereocenters. The Morgan fingerprint density at radius 1 is 1.65 bits per heavy atom. The van der Waals surface area contributed by atoms with Crippen LogP contribution >= 0.6 is 0 Å². The van der Waals surface area contributed by atoms with Gasteiger partial charge in [-0.3, -0.25) is 0 Å². The Hall–Kier alpha value is -0.960. The third-order valence-corrected chi connectivity index (χ3v) is 3.63. The lowest BCUT2D eigenvalue weighted by Gasteiger charge is -2.14. The molecule has 1 rings (SSSR count). The van der Waals surface area contributed by atoms with Crippen molar-refractivity contribution in [1.29, 1.82) is 0 Å². The molecule has 7 nitrogen and oxygen atoms in total. The van der Waals surface area contributed by atoms with E-state index in [0.717, 1.165) is 0 Å². The summed E-state index contributed by atoms with van der Waals surface area (Å²) in [7, 11) is -2.14. The fraction of sp³-hybridized carbons (Fsp3) is 0.667. The Bertz CT molecular complexity index is 443. The SMILES string of the molecule is CCn1cnc(S(=O)(=O)NC(CN)COC)c1. The number of aryl methyl sites for hydroxylation is 1. The van der Waals surface area contributed by atoms with Gasteiger partial charge in [-0.05, 0) is 6.92 Å². The van der Waals surface area contributed by atoms with Gasteiger partial charge in [0.2, 0.25) is 0 Å². The summed E-state index contributed by atoms with van der Waals surface area (Å²) in [6.07, 6.45) is 2.95. The highest BCUT2D eigenvalue weighted by molar-refractivity contribution is 7.89. The summed E-state index contributed by atoms with van der Waals surface area (Å²) in [6.45, 7) is 2.96. The molecule has 0 radical (unpaired) electrons. The molecule has 98 valence electrons. The predicted molar refractivity (Wildman–Crippen MR) is 62.9 cm³/mol. The number of aromatic nitrogens is 2. The van der Waals surface area contributed by atoms with Gasteiger partial charge in [0.15, 0.2) is 5.03 Å². The van der Waals surface area contributed by atoms with Crippen LogP contribution in [0.15, 0.2) is 17.6 Å². The lowest BCUT2D eigenvalue weighted by molar-refractivity contribution is 0.177. The Kier molecular flexibility index (Phi) is 5.06. The third-order valence-electron chi connectivity index (χ3n) is 2.22. The number of rotatable bonds is 7. The first-order chi connectivity index (χ1) is 8.03. The lowest BCUT2D eigenvalue weighted by atomic mass is 10.3. The number of nitrogens with zero attached hydrogens (tertiary/aromatic N) is 2. The van der Waals surface area contributed by atoms with Crippen LogP contribution in [0.1, 0.15) is 6.92 Å². The summed E-state index contributed by atoms with van der Waals surface area (Å²) in [5.74, 6) is 0. The Morgan fingerprint density at radius 3 is 2.82 bits per heavy atom. The molecule has 0 aromatic carbocycles. The summed E-state index contributed by atoms with van der Waals surface area (Å²) in [4.78, 5) is 3.84. The first kappa shape index (κ1) is 14.1. The summed E-state index contributed by atoms with van der Waals surface area (Å²) >= 11 is 0. The molecule has 0 saturated heterocycles. The van der Waals surface area contributed by atoms with Crippen molar-refractivity contribution in [2.75, 3.05) is 20.3 Å². The highest BCUT2D eigenvalue weighted by Crippen LogP contribution is 2.05. The van der Waals surface area contributed by atoms with Gasteiger partial charge in [0.25, 0.3) is 10.0 Å². The van der Waals surface area contributed by atoms with Crippen molar-refractivity contribution in [3.8, 4) is 0 Å². The van der Waals surface area contributed by atoms with Crippen molar-refractivity contribution in [1.82, 2.24) is 14.3 Å². The molecule has 1 heterocycles. The van der Waals surface area contributed by atoms with Crippen LogP contribution in [0.25, 0.3) is 0 Å². The standard InChI is InChI=1S/C9H18N4O3S/c1-3-13-5-9(11-7-13)17(14,15)12-8(4-10)6-16-2/h5,7-8,12H,3-4,6,10H2,1-2H3. The van der Waals surface area contributed by atoms with E-state index in [1.54, 1.807) is 4.57 Å². The molecule has 0 aliphatic carbocycles. The van der Waals surface area contributed by atoms with Crippen molar-refractivity contribution in [3.63, 3.8) is 0 Å². The first-order valence-electron chi connectivity index (χ1n) is 5.26. The zero-order valence-electron chi connectivity index (χ0n) is 9.96. The maximum atomic E-state index is 11.9. The van der Waals surface area contributed by atoms with Crippen LogP contribution in [0, 0.1) is 0 Å². The highest BCUT2D eigenvalue weighted by Gasteiger charge is 2.21. The number of hydrogen-bond donors (Lipinski definition) is 2.